The molecule has 0 bridgehead atoms. The molecule has 0 N–H and O–H groups in total. The van der Waals surface area contributed by atoms with E-state index >= 15 is 0 Å². The topological polar surface area (TPSA) is 51.8 Å². The molecular weight excluding hydrogens is 803 g/mol. The van der Waals surface area contributed by atoms with E-state index < -0.39 is 0 Å². The first-order valence-electron chi connectivity index (χ1n) is 16.6. The summed E-state index contributed by atoms with van der Waals surface area (Å²) in [6, 6.07) is 61.8. The van der Waals surface area contributed by atoms with Gasteiger partial charge < -0.3 is 14.4 Å². The van der Waals surface area contributed by atoms with Crippen LogP contribution in [0, 0.1) is 12.1 Å². The monoisotopic (exact) mass is 834 g/mol. The molecule has 4 heterocycles. The predicted octanol–water partition coefficient (Wildman–Crippen LogP) is 11.3. The van der Waals surface area contributed by atoms with Crippen LogP contribution in [0.25, 0.3) is 66.8 Å². The molecule has 0 saturated carbocycles. The Labute approximate surface area is 310 Å². The predicted molar refractivity (Wildman–Crippen MR) is 202 cm³/mol. The van der Waals surface area contributed by atoms with Gasteiger partial charge in [0, 0.05) is 44.6 Å². The molecule has 4 nitrogen and oxygen atoms in total. The van der Waals surface area contributed by atoms with E-state index in [1.54, 1.807) is 6.20 Å². The van der Waals surface area contributed by atoms with Crippen molar-refractivity contribution in [3.05, 3.63) is 200 Å². The van der Waals surface area contributed by atoms with Gasteiger partial charge in [-0.3, -0.25) is 4.98 Å². The van der Waals surface area contributed by atoms with Crippen LogP contribution in [0.1, 0.15) is 11.3 Å². The summed E-state index contributed by atoms with van der Waals surface area (Å²) in [5, 5.41) is 0.982. The van der Waals surface area contributed by atoms with E-state index in [-0.39, 0.29) is 20.1 Å². The molecule has 5 aromatic carbocycles. The van der Waals surface area contributed by atoms with Crippen LogP contribution in [0.5, 0.6) is 0 Å². The molecular formula is C46H31IrN3O-2. The quantitative estimate of drug-likeness (QED) is 0.157. The number of hydrogen-bond donors (Lipinski definition) is 0. The fourth-order valence-corrected chi connectivity index (χ4v) is 6.07. The Bertz CT molecular complexity index is 2450. The van der Waals surface area contributed by atoms with Crippen LogP contribution in [0.15, 0.2) is 181 Å². The molecule has 1 radical (unpaired) electrons. The third-order valence-electron chi connectivity index (χ3n) is 8.53. The zero-order valence-corrected chi connectivity index (χ0v) is 29.9. The molecule has 0 saturated heterocycles. The summed E-state index contributed by atoms with van der Waals surface area (Å²) in [5.74, 6) is 0. The van der Waals surface area contributed by atoms with E-state index in [1.165, 1.54) is 16.7 Å². The van der Waals surface area contributed by atoms with Gasteiger partial charge in [0.15, 0.2) is 0 Å². The molecule has 4 aromatic heterocycles. The van der Waals surface area contributed by atoms with Gasteiger partial charge in [-0.1, -0.05) is 115 Å². The van der Waals surface area contributed by atoms with Crippen LogP contribution < -0.4 is 0 Å². The minimum atomic E-state index is 0. The van der Waals surface area contributed by atoms with Gasteiger partial charge in [-0.2, -0.15) is 0 Å². The van der Waals surface area contributed by atoms with Gasteiger partial charge in [0.05, 0.1) is 11.1 Å². The average molecular weight is 834 g/mol. The normalized spacial score (nSPS) is 10.7. The first-order chi connectivity index (χ1) is 24.8. The maximum absolute atomic E-state index is 6.26. The van der Waals surface area contributed by atoms with Gasteiger partial charge in [-0.25, -0.2) is 0 Å². The van der Waals surface area contributed by atoms with Crippen molar-refractivity contribution in [2.75, 3.05) is 0 Å². The second-order valence-corrected chi connectivity index (χ2v) is 11.9. The standard InChI is InChI=1S/C29H19N2O.C17H12N.Ir/c1-3-8-20(9-4-1)18-23-14-15-27-28(31-23)25-13-7-12-24(29(25)32-27)26-19-22(16-17-30-26)21-10-5-2-6-11-21;1-2-7-14(8-3-1)15-9-6-10-16(13-15)17-11-4-5-12-18-17;/h1-11,13-17,19H,18H2;1-9,11-13H;/q2*-1;. The van der Waals surface area contributed by atoms with Crippen molar-refractivity contribution in [3.8, 4) is 44.8 Å². The Morgan fingerprint density at radius 2 is 1.20 bits per heavy atom. The van der Waals surface area contributed by atoms with Crippen LogP contribution >= 0.6 is 0 Å². The Hall–Kier alpha value is -6.00. The van der Waals surface area contributed by atoms with Crippen LogP contribution in [0.4, 0.5) is 0 Å². The molecule has 0 atom stereocenters. The van der Waals surface area contributed by atoms with Crippen LogP contribution in [0.2, 0.25) is 0 Å². The summed E-state index contributed by atoms with van der Waals surface area (Å²) in [5.41, 5.74) is 13.0. The summed E-state index contributed by atoms with van der Waals surface area (Å²) >= 11 is 0. The number of hydrogen-bond acceptors (Lipinski definition) is 4. The first-order valence-corrected chi connectivity index (χ1v) is 16.6. The van der Waals surface area contributed by atoms with E-state index in [1.807, 2.05) is 103 Å². The summed E-state index contributed by atoms with van der Waals surface area (Å²) in [4.78, 5) is 13.9. The number of fused-ring (bicyclic) bond motifs is 3. The average Bonchev–Trinajstić information content (AvgIpc) is 3.58. The van der Waals surface area contributed by atoms with Crippen molar-refractivity contribution in [2.45, 2.75) is 6.42 Å². The summed E-state index contributed by atoms with van der Waals surface area (Å²) in [6.45, 7) is 0. The number of furan rings is 1. The Balaban J connectivity index is 0.000000182. The molecule has 247 valence electrons. The second kappa shape index (κ2) is 15.7. The van der Waals surface area contributed by atoms with Crippen molar-refractivity contribution in [1.29, 1.82) is 0 Å². The largest absolute Gasteiger partial charge is 0.499 e. The molecule has 5 heteroatoms. The number of aromatic nitrogens is 3. The van der Waals surface area contributed by atoms with Crippen molar-refractivity contribution in [2.24, 2.45) is 0 Å². The SMILES string of the molecule is [Ir].[c-]1ccc(-c2ccccc2)cc1-c1ccccn1.[c-]1ccc2c(oc3ccc(Cc4ccccc4)nc32)c1-c1cc(-c2ccccc2)ccn1. The van der Waals surface area contributed by atoms with Crippen molar-refractivity contribution < 1.29 is 24.5 Å². The maximum Gasteiger partial charge on any atom is 0.139 e. The molecule has 0 fully saturated rings. The minimum Gasteiger partial charge on any atom is -0.499 e. The molecule has 51 heavy (non-hydrogen) atoms. The van der Waals surface area contributed by atoms with Crippen molar-refractivity contribution in [1.82, 2.24) is 15.0 Å². The summed E-state index contributed by atoms with van der Waals surface area (Å²) in [6.07, 6.45) is 4.43. The molecule has 0 spiro atoms. The smallest absolute Gasteiger partial charge is 0.139 e. The molecule has 0 aliphatic carbocycles. The molecule has 0 aliphatic heterocycles. The fourth-order valence-electron chi connectivity index (χ4n) is 6.07. The Morgan fingerprint density at radius 1 is 0.529 bits per heavy atom. The first kappa shape index (κ1) is 33.5. The number of pyridine rings is 3. The Morgan fingerprint density at radius 3 is 1.92 bits per heavy atom. The number of benzene rings is 5. The van der Waals surface area contributed by atoms with Crippen molar-refractivity contribution >= 4 is 22.1 Å². The zero-order valence-electron chi connectivity index (χ0n) is 27.5. The van der Waals surface area contributed by atoms with Crippen LogP contribution in [-0.4, -0.2) is 15.0 Å². The fraction of sp³-hybridized carbons (Fsp3) is 0.0217. The van der Waals surface area contributed by atoms with Gasteiger partial charge in [-0.15, -0.1) is 53.6 Å². The Kier molecular flexibility index (Phi) is 10.3. The number of nitrogens with zero attached hydrogens (tertiary/aromatic N) is 3. The van der Waals surface area contributed by atoms with Crippen LogP contribution in [0.3, 0.4) is 0 Å². The minimum absolute atomic E-state index is 0. The second-order valence-electron chi connectivity index (χ2n) is 11.9. The van der Waals surface area contributed by atoms with E-state index in [0.717, 1.165) is 67.8 Å². The number of rotatable bonds is 6. The van der Waals surface area contributed by atoms with Gasteiger partial charge in [0.1, 0.15) is 5.58 Å². The third-order valence-corrected chi connectivity index (χ3v) is 8.53. The van der Waals surface area contributed by atoms with E-state index in [2.05, 4.69) is 88.8 Å². The van der Waals surface area contributed by atoms with E-state index in [9.17, 15) is 0 Å². The summed E-state index contributed by atoms with van der Waals surface area (Å²) < 4.78 is 6.26. The third kappa shape index (κ3) is 7.61. The molecule has 9 aromatic rings. The van der Waals surface area contributed by atoms with Gasteiger partial charge in [0.2, 0.25) is 0 Å². The molecule has 0 amide bonds. The van der Waals surface area contributed by atoms with Gasteiger partial charge in [-0.05, 0) is 63.3 Å². The van der Waals surface area contributed by atoms with E-state index in [0.29, 0.717) is 0 Å². The molecule has 0 aliphatic rings. The van der Waals surface area contributed by atoms with E-state index in [4.69, 9.17) is 9.40 Å². The van der Waals surface area contributed by atoms with Gasteiger partial charge >= 0.3 is 0 Å². The molecule has 9 rings (SSSR count). The molecule has 0 unspecified atom stereocenters. The zero-order chi connectivity index (χ0) is 33.5. The van der Waals surface area contributed by atoms with Gasteiger partial charge in [0.25, 0.3) is 0 Å². The van der Waals surface area contributed by atoms with Crippen LogP contribution in [-0.2, 0) is 26.5 Å². The van der Waals surface area contributed by atoms with Crippen molar-refractivity contribution in [3.63, 3.8) is 0 Å². The summed E-state index contributed by atoms with van der Waals surface area (Å²) in [7, 11) is 0. The maximum atomic E-state index is 6.26.